The number of likely N-dealkylation sites (tertiary alicyclic amines) is 1. The first-order valence-electron chi connectivity index (χ1n) is 8.19. The van der Waals surface area contributed by atoms with Crippen molar-refractivity contribution >= 4 is 27.7 Å². The van der Waals surface area contributed by atoms with Crippen LogP contribution in [0.5, 0.6) is 0 Å². The van der Waals surface area contributed by atoms with E-state index < -0.39 is 10.0 Å². The summed E-state index contributed by atoms with van der Waals surface area (Å²) >= 11 is 1.88. The largest absolute Gasteiger partial charge is 0.357 e. The van der Waals surface area contributed by atoms with Gasteiger partial charge in [-0.1, -0.05) is 18.2 Å². The van der Waals surface area contributed by atoms with Gasteiger partial charge in [0.25, 0.3) is 0 Å². The van der Waals surface area contributed by atoms with E-state index in [1.807, 2.05) is 24.8 Å². The second-order valence-electron chi connectivity index (χ2n) is 5.83. The third kappa shape index (κ3) is 6.70. The van der Waals surface area contributed by atoms with Gasteiger partial charge < -0.3 is 10.2 Å². The van der Waals surface area contributed by atoms with Crippen LogP contribution in [0.4, 0.5) is 0 Å². The molecule has 24 heavy (non-hydrogen) atoms. The van der Waals surface area contributed by atoms with E-state index in [0.717, 1.165) is 37.8 Å². The Morgan fingerprint density at radius 3 is 2.83 bits per heavy atom. The van der Waals surface area contributed by atoms with Crippen molar-refractivity contribution in [1.29, 1.82) is 0 Å². The number of rotatable bonds is 7. The number of guanidine groups is 1. The lowest BCUT2D eigenvalue weighted by Crippen LogP contribution is -2.40. The molecule has 1 unspecified atom stereocenters. The first-order valence-corrected chi connectivity index (χ1v) is 10.9. The molecular weight excluding hydrogens is 344 g/mol. The van der Waals surface area contributed by atoms with Crippen LogP contribution in [0.3, 0.4) is 0 Å². The molecule has 0 aromatic heterocycles. The predicted molar refractivity (Wildman–Crippen MR) is 101 cm³/mol. The molecule has 134 valence electrons. The van der Waals surface area contributed by atoms with E-state index in [1.165, 1.54) is 4.90 Å². The third-order valence-corrected chi connectivity index (χ3v) is 5.78. The van der Waals surface area contributed by atoms with Crippen molar-refractivity contribution in [1.82, 2.24) is 10.2 Å². The number of thioether (sulfide) groups is 1. The SMILES string of the molecule is CCNC(=NCCS(N)(=O)=O)N1CCC(CSc2ccccc2)C1. The minimum absolute atomic E-state index is 0.122. The minimum Gasteiger partial charge on any atom is -0.357 e. The molecule has 0 aliphatic carbocycles. The van der Waals surface area contributed by atoms with Crippen LogP contribution in [0.1, 0.15) is 13.3 Å². The van der Waals surface area contributed by atoms with Gasteiger partial charge in [0.1, 0.15) is 0 Å². The summed E-state index contributed by atoms with van der Waals surface area (Å²) in [5.74, 6) is 2.35. The van der Waals surface area contributed by atoms with Gasteiger partial charge in [-0.15, -0.1) is 11.8 Å². The Hall–Kier alpha value is -1.25. The van der Waals surface area contributed by atoms with Crippen LogP contribution >= 0.6 is 11.8 Å². The maximum atomic E-state index is 11.0. The second kappa shape index (κ2) is 9.29. The van der Waals surface area contributed by atoms with Gasteiger partial charge in [0.2, 0.25) is 10.0 Å². The molecule has 0 amide bonds. The number of nitrogens with zero attached hydrogens (tertiary/aromatic N) is 2. The fourth-order valence-corrected chi connectivity index (χ4v) is 3.99. The van der Waals surface area contributed by atoms with Gasteiger partial charge in [-0.05, 0) is 31.4 Å². The van der Waals surface area contributed by atoms with Gasteiger partial charge >= 0.3 is 0 Å². The molecule has 2 rings (SSSR count). The van der Waals surface area contributed by atoms with Crippen LogP contribution in [0.2, 0.25) is 0 Å². The van der Waals surface area contributed by atoms with Crippen molar-refractivity contribution in [3.8, 4) is 0 Å². The Balaban J connectivity index is 1.85. The van der Waals surface area contributed by atoms with Gasteiger partial charge in [-0.3, -0.25) is 4.99 Å². The normalized spacial score (nSPS) is 18.8. The highest BCUT2D eigenvalue weighted by Crippen LogP contribution is 2.25. The fraction of sp³-hybridized carbons (Fsp3) is 0.562. The summed E-state index contributed by atoms with van der Waals surface area (Å²) in [6, 6.07) is 10.4. The summed E-state index contributed by atoms with van der Waals surface area (Å²) in [6.45, 7) is 4.85. The molecule has 1 aromatic carbocycles. The molecule has 1 atom stereocenters. The van der Waals surface area contributed by atoms with Gasteiger partial charge in [-0.2, -0.15) is 0 Å². The fourth-order valence-electron chi connectivity index (χ4n) is 2.60. The molecule has 1 heterocycles. The van der Waals surface area contributed by atoms with Crippen molar-refractivity contribution in [2.75, 3.05) is 37.7 Å². The number of hydrogen-bond acceptors (Lipinski definition) is 4. The van der Waals surface area contributed by atoms with E-state index in [4.69, 9.17) is 5.14 Å². The molecule has 1 saturated heterocycles. The highest BCUT2D eigenvalue weighted by Gasteiger charge is 2.24. The first kappa shape index (κ1) is 19.1. The molecule has 3 N–H and O–H groups in total. The van der Waals surface area contributed by atoms with Crippen molar-refractivity contribution < 1.29 is 8.42 Å². The quantitative estimate of drug-likeness (QED) is 0.430. The van der Waals surface area contributed by atoms with E-state index in [2.05, 4.69) is 39.5 Å². The minimum atomic E-state index is -3.46. The molecule has 1 fully saturated rings. The first-order chi connectivity index (χ1) is 11.5. The molecule has 1 aliphatic rings. The van der Waals surface area contributed by atoms with Crippen LogP contribution in [0.25, 0.3) is 0 Å². The zero-order valence-corrected chi connectivity index (χ0v) is 15.7. The number of aliphatic imine (C=N–C) groups is 1. The maximum Gasteiger partial charge on any atom is 0.210 e. The standard InChI is InChI=1S/C16H26N4O2S2/c1-2-18-16(19-9-11-24(17,21)22)20-10-8-14(12-20)13-23-15-6-4-3-5-7-15/h3-7,14H,2,8-13H2,1H3,(H,18,19)(H2,17,21,22). The van der Waals surface area contributed by atoms with Gasteiger partial charge in [0.15, 0.2) is 5.96 Å². The van der Waals surface area contributed by atoms with E-state index in [-0.39, 0.29) is 12.3 Å². The highest BCUT2D eigenvalue weighted by molar-refractivity contribution is 7.99. The number of nitrogens with two attached hydrogens (primary N) is 1. The summed E-state index contributed by atoms with van der Waals surface area (Å²) in [4.78, 5) is 7.91. The second-order valence-corrected chi connectivity index (χ2v) is 8.65. The Morgan fingerprint density at radius 2 is 2.17 bits per heavy atom. The maximum absolute atomic E-state index is 11.0. The molecule has 8 heteroatoms. The molecule has 1 aliphatic heterocycles. The Bertz CT molecular complexity index is 635. The van der Waals surface area contributed by atoms with Crippen LogP contribution in [-0.4, -0.2) is 57.0 Å². The molecule has 1 aromatic rings. The number of hydrogen-bond donors (Lipinski definition) is 2. The molecule has 6 nitrogen and oxygen atoms in total. The van der Waals surface area contributed by atoms with E-state index >= 15 is 0 Å². The molecular formula is C16H26N4O2S2. The summed E-state index contributed by atoms with van der Waals surface area (Å²) < 4.78 is 22.1. The third-order valence-electron chi connectivity index (χ3n) is 3.79. The van der Waals surface area contributed by atoms with Crippen molar-refractivity contribution in [3.63, 3.8) is 0 Å². The Kier molecular flexibility index (Phi) is 7.39. The van der Waals surface area contributed by atoms with Crippen molar-refractivity contribution in [3.05, 3.63) is 30.3 Å². The molecule has 0 saturated carbocycles. The smallest absolute Gasteiger partial charge is 0.210 e. The highest BCUT2D eigenvalue weighted by atomic mass is 32.2. The number of sulfonamides is 1. The Labute approximate surface area is 149 Å². The lowest BCUT2D eigenvalue weighted by Gasteiger charge is -2.21. The topological polar surface area (TPSA) is 87.8 Å². The van der Waals surface area contributed by atoms with E-state index in [0.29, 0.717) is 5.92 Å². The predicted octanol–water partition coefficient (Wildman–Crippen LogP) is 1.35. The zero-order valence-electron chi connectivity index (χ0n) is 14.0. The van der Waals surface area contributed by atoms with Crippen LogP contribution in [0.15, 0.2) is 40.2 Å². The summed E-state index contributed by atoms with van der Waals surface area (Å²) in [7, 11) is -3.46. The summed E-state index contributed by atoms with van der Waals surface area (Å²) in [6.07, 6.45) is 1.12. The van der Waals surface area contributed by atoms with Gasteiger partial charge in [0, 0.05) is 30.3 Å². The van der Waals surface area contributed by atoms with Crippen molar-refractivity contribution in [2.24, 2.45) is 16.0 Å². The van der Waals surface area contributed by atoms with Gasteiger partial charge in [0.05, 0.1) is 12.3 Å². The number of benzene rings is 1. The van der Waals surface area contributed by atoms with Crippen LogP contribution < -0.4 is 10.5 Å². The Morgan fingerprint density at radius 1 is 1.42 bits per heavy atom. The molecule has 0 bridgehead atoms. The zero-order chi connectivity index (χ0) is 17.4. The van der Waals surface area contributed by atoms with Crippen LogP contribution in [-0.2, 0) is 10.0 Å². The van der Waals surface area contributed by atoms with Crippen molar-refractivity contribution in [2.45, 2.75) is 18.2 Å². The average molecular weight is 371 g/mol. The molecule has 0 spiro atoms. The lowest BCUT2D eigenvalue weighted by molar-refractivity contribution is 0.475. The number of primary sulfonamides is 1. The van der Waals surface area contributed by atoms with Crippen LogP contribution in [0, 0.1) is 5.92 Å². The monoisotopic (exact) mass is 370 g/mol. The van der Waals surface area contributed by atoms with E-state index in [1.54, 1.807) is 0 Å². The van der Waals surface area contributed by atoms with E-state index in [9.17, 15) is 8.42 Å². The van der Waals surface area contributed by atoms with Gasteiger partial charge in [-0.25, -0.2) is 13.6 Å². The lowest BCUT2D eigenvalue weighted by atomic mass is 10.2. The summed E-state index contributed by atoms with van der Waals surface area (Å²) in [5, 5.41) is 8.27. The summed E-state index contributed by atoms with van der Waals surface area (Å²) in [5.41, 5.74) is 0. The number of nitrogens with one attached hydrogen (secondary N) is 1. The average Bonchev–Trinajstić information content (AvgIpc) is 3.01. The molecule has 0 radical (unpaired) electrons.